The average Bonchev–Trinajstić information content (AvgIpc) is 3.05. The highest BCUT2D eigenvalue weighted by atomic mass is 16.5. The molecule has 0 aliphatic rings. The number of hydrogen-bond acceptors (Lipinski definition) is 7. The molecule has 4 rings (SSSR count). The summed E-state index contributed by atoms with van der Waals surface area (Å²) < 4.78 is 11.0. The Labute approximate surface area is 254 Å². The van der Waals surface area contributed by atoms with Crippen molar-refractivity contribution in [3.63, 3.8) is 0 Å². The first-order chi connectivity index (χ1) is 21.2. The van der Waals surface area contributed by atoms with Crippen LogP contribution in [0.4, 0.5) is 11.4 Å². The van der Waals surface area contributed by atoms with Gasteiger partial charge in [-0.1, -0.05) is 30.3 Å². The molecule has 11 nitrogen and oxygen atoms in total. The molecule has 3 aromatic carbocycles. The van der Waals surface area contributed by atoms with Crippen molar-refractivity contribution in [3.8, 4) is 5.75 Å². The quantitative estimate of drug-likeness (QED) is 0.254. The molecule has 0 aliphatic heterocycles. The van der Waals surface area contributed by atoms with E-state index in [0.717, 1.165) is 5.56 Å². The van der Waals surface area contributed by atoms with Crippen molar-refractivity contribution < 1.29 is 28.7 Å². The van der Waals surface area contributed by atoms with Crippen molar-refractivity contribution in [2.45, 2.75) is 19.0 Å². The van der Waals surface area contributed by atoms with Crippen molar-refractivity contribution in [2.24, 2.45) is 0 Å². The van der Waals surface area contributed by atoms with Crippen molar-refractivity contribution in [1.29, 1.82) is 0 Å². The van der Waals surface area contributed by atoms with E-state index in [1.807, 2.05) is 30.3 Å². The van der Waals surface area contributed by atoms with E-state index in [4.69, 9.17) is 4.74 Å². The van der Waals surface area contributed by atoms with Gasteiger partial charge in [-0.25, -0.2) is 4.79 Å². The summed E-state index contributed by atoms with van der Waals surface area (Å²) in [5.41, 5.74) is 1.75. The number of rotatable bonds is 11. The monoisotopic (exact) mass is 596 g/mol. The van der Waals surface area contributed by atoms with Crippen LogP contribution in [-0.2, 0) is 27.3 Å². The Hall–Kier alpha value is -5.71. The van der Waals surface area contributed by atoms with Crippen LogP contribution in [0.1, 0.15) is 26.3 Å². The zero-order chi connectivity index (χ0) is 31.6. The Morgan fingerprint density at radius 3 is 2.14 bits per heavy atom. The largest absolute Gasteiger partial charge is 0.497 e. The second kappa shape index (κ2) is 14.5. The molecule has 0 radical (unpaired) electrons. The van der Waals surface area contributed by atoms with Gasteiger partial charge in [-0.2, -0.15) is 0 Å². The number of ether oxygens (including phenoxy) is 2. The van der Waals surface area contributed by atoms with Gasteiger partial charge in [0.25, 0.3) is 11.5 Å². The molecule has 11 heteroatoms. The smallest absolute Gasteiger partial charge is 0.337 e. The molecule has 0 saturated heterocycles. The highest BCUT2D eigenvalue weighted by molar-refractivity contribution is 6.04. The third kappa shape index (κ3) is 7.97. The number of pyridine rings is 1. The van der Waals surface area contributed by atoms with Gasteiger partial charge in [0.2, 0.25) is 11.8 Å². The van der Waals surface area contributed by atoms with Crippen LogP contribution in [0, 0.1) is 0 Å². The maximum Gasteiger partial charge on any atom is 0.337 e. The molecule has 0 saturated carbocycles. The van der Waals surface area contributed by atoms with Gasteiger partial charge < -0.3 is 29.6 Å². The molecule has 1 atom stereocenters. The lowest BCUT2D eigenvalue weighted by Crippen LogP contribution is -2.50. The molecule has 226 valence electrons. The predicted octanol–water partition coefficient (Wildman–Crippen LogP) is 3.29. The van der Waals surface area contributed by atoms with E-state index in [9.17, 15) is 24.0 Å². The lowest BCUT2D eigenvalue weighted by molar-refractivity contribution is -0.127. The number of aromatic nitrogens is 1. The fourth-order valence-corrected chi connectivity index (χ4v) is 4.41. The van der Waals surface area contributed by atoms with Crippen LogP contribution in [0.3, 0.4) is 0 Å². The highest BCUT2D eigenvalue weighted by Crippen LogP contribution is 2.19. The zero-order valence-corrected chi connectivity index (χ0v) is 24.5. The number of carbonyl (C=O) groups is 4. The molecule has 1 heterocycles. The number of hydrogen-bond donors (Lipinski definition) is 2. The molecule has 0 bridgehead atoms. The van der Waals surface area contributed by atoms with Gasteiger partial charge in [0, 0.05) is 42.7 Å². The minimum absolute atomic E-state index is 0.229. The first kappa shape index (κ1) is 31.2. The summed E-state index contributed by atoms with van der Waals surface area (Å²) >= 11 is 0. The standard InChI is InChI=1S/C33H32N4O7/c1-36(26-13-15-27(43-2)16-14-26)32(41)28(19-22-7-5-4-6-8-22)35-29(38)21-37-18-17-25(20-30(37)39)34-31(40)23-9-11-24(12-10-23)33(42)44-3/h4-18,20,28H,19,21H2,1-3H3,(H,34,40)(H,35,38)/t28-/m0/s1. The van der Waals surface area contributed by atoms with Crippen molar-refractivity contribution >= 4 is 35.1 Å². The number of esters is 1. The van der Waals surface area contributed by atoms with E-state index in [1.165, 1.54) is 59.2 Å². The van der Waals surface area contributed by atoms with Gasteiger partial charge in [0.15, 0.2) is 0 Å². The summed E-state index contributed by atoms with van der Waals surface area (Å²) in [4.78, 5) is 65.1. The van der Waals surface area contributed by atoms with Gasteiger partial charge in [-0.15, -0.1) is 0 Å². The SMILES string of the molecule is COC(=O)c1ccc(C(=O)Nc2ccn(CC(=O)N[C@@H](Cc3ccccc3)C(=O)N(C)c3ccc(OC)cc3)c(=O)c2)cc1. The van der Waals surface area contributed by atoms with Crippen LogP contribution >= 0.6 is 0 Å². The predicted molar refractivity (Wildman–Crippen MR) is 165 cm³/mol. The van der Waals surface area contributed by atoms with E-state index in [2.05, 4.69) is 15.4 Å². The number of nitrogens with zero attached hydrogens (tertiary/aromatic N) is 2. The maximum atomic E-state index is 13.5. The first-order valence-corrected chi connectivity index (χ1v) is 13.6. The van der Waals surface area contributed by atoms with E-state index in [1.54, 1.807) is 38.4 Å². The van der Waals surface area contributed by atoms with E-state index >= 15 is 0 Å². The first-order valence-electron chi connectivity index (χ1n) is 13.6. The average molecular weight is 597 g/mol. The number of carbonyl (C=O) groups excluding carboxylic acids is 4. The third-order valence-corrected chi connectivity index (χ3v) is 6.84. The Morgan fingerprint density at radius 1 is 0.864 bits per heavy atom. The van der Waals surface area contributed by atoms with Gasteiger partial charge >= 0.3 is 5.97 Å². The molecule has 0 aliphatic carbocycles. The molecule has 0 spiro atoms. The summed E-state index contributed by atoms with van der Waals surface area (Å²) in [5.74, 6) is -1.23. The van der Waals surface area contributed by atoms with Gasteiger partial charge in [-0.05, 0) is 60.2 Å². The Kier molecular flexibility index (Phi) is 10.3. The van der Waals surface area contributed by atoms with Crippen molar-refractivity contribution in [1.82, 2.24) is 9.88 Å². The third-order valence-electron chi connectivity index (χ3n) is 6.84. The fourth-order valence-electron chi connectivity index (χ4n) is 4.41. The Bertz CT molecular complexity index is 1680. The van der Waals surface area contributed by atoms with Crippen LogP contribution in [0.5, 0.6) is 5.75 Å². The highest BCUT2D eigenvalue weighted by Gasteiger charge is 2.25. The molecular weight excluding hydrogens is 564 g/mol. The molecule has 0 unspecified atom stereocenters. The number of benzene rings is 3. The van der Waals surface area contributed by atoms with Crippen LogP contribution in [-0.4, -0.2) is 55.6 Å². The molecule has 3 amide bonds. The molecule has 44 heavy (non-hydrogen) atoms. The zero-order valence-electron chi connectivity index (χ0n) is 24.5. The second-order valence-electron chi connectivity index (χ2n) is 9.81. The van der Waals surface area contributed by atoms with Crippen LogP contribution in [0.2, 0.25) is 0 Å². The summed E-state index contributed by atoms with van der Waals surface area (Å²) in [6.07, 6.45) is 1.63. The molecule has 4 aromatic rings. The Balaban J connectivity index is 1.44. The van der Waals surface area contributed by atoms with Gasteiger partial charge in [0.05, 0.1) is 19.8 Å². The summed E-state index contributed by atoms with van der Waals surface area (Å²) in [5, 5.41) is 5.41. The molecule has 1 aromatic heterocycles. The van der Waals surface area contributed by atoms with Crippen LogP contribution in [0.25, 0.3) is 0 Å². The molecular formula is C33H32N4O7. The van der Waals surface area contributed by atoms with E-state index < -0.39 is 29.4 Å². The molecule has 2 N–H and O–H groups in total. The topological polar surface area (TPSA) is 136 Å². The van der Waals surface area contributed by atoms with Crippen molar-refractivity contribution in [2.75, 3.05) is 31.5 Å². The summed E-state index contributed by atoms with van der Waals surface area (Å²) in [7, 11) is 4.44. The summed E-state index contributed by atoms with van der Waals surface area (Å²) in [6.45, 7) is -0.340. The van der Waals surface area contributed by atoms with Crippen LogP contribution in [0.15, 0.2) is 102 Å². The fraction of sp³-hybridized carbons (Fsp3) is 0.182. The number of methoxy groups -OCH3 is 2. The van der Waals surface area contributed by atoms with Gasteiger partial charge in [-0.3, -0.25) is 19.2 Å². The number of nitrogens with one attached hydrogen (secondary N) is 2. The lowest BCUT2D eigenvalue weighted by Gasteiger charge is -2.25. The summed E-state index contributed by atoms with van der Waals surface area (Å²) in [6, 6.07) is 23.9. The number of likely N-dealkylation sites (N-methyl/N-ethyl adjacent to an activating group) is 1. The van der Waals surface area contributed by atoms with Crippen LogP contribution < -0.4 is 25.8 Å². The minimum Gasteiger partial charge on any atom is -0.497 e. The second-order valence-corrected chi connectivity index (χ2v) is 9.81. The van der Waals surface area contributed by atoms with E-state index in [-0.39, 0.29) is 30.1 Å². The number of anilines is 2. The maximum absolute atomic E-state index is 13.5. The van der Waals surface area contributed by atoms with Crippen molar-refractivity contribution in [3.05, 3.63) is 124 Å². The Morgan fingerprint density at radius 2 is 1.52 bits per heavy atom. The van der Waals surface area contributed by atoms with E-state index in [0.29, 0.717) is 17.0 Å². The molecule has 0 fully saturated rings. The minimum atomic E-state index is -0.906. The lowest BCUT2D eigenvalue weighted by atomic mass is 10.0. The number of amides is 3. The van der Waals surface area contributed by atoms with Gasteiger partial charge in [0.1, 0.15) is 18.3 Å². The normalized spacial score (nSPS) is 11.2.